The van der Waals surface area contributed by atoms with Gasteiger partial charge in [0.2, 0.25) is 0 Å². The Morgan fingerprint density at radius 1 is 1.45 bits per heavy atom. The standard InChI is InChI=1S/C15H27N3S2/c1-5-16-14(7-6-13-8-9-17-18(13)4)15-10-19-11(2)12(3)20-15/h8-9,11-12,14-16H,5-7,10H2,1-4H3. The van der Waals surface area contributed by atoms with Gasteiger partial charge in [-0.05, 0) is 25.5 Å². The van der Waals surface area contributed by atoms with E-state index in [9.17, 15) is 0 Å². The lowest BCUT2D eigenvalue weighted by atomic mass is 10.1. The molecule has 1 aromatic heterocycles. The first kappa shape index (κ1) is 16.2. The van der Waals surface area contributed by atoms with Gasteiger partial charge in [-0.2, -0.15) is 28.6 Å². The van der Waals surface area contributed by atoms with Gasteiger partial charge < -0.3 is 5.32 Å². The smallest absolute Gasteiger partial charge is 0.0492 e. The quantitative estimate of drug-likeness (QED) is 0.874. The second-order valence-electron chi connectivity index (χ2n) is 5.57. The van der Waals surface area contributed by atoms with E-state index in [4.69, 9.17) is 0 Å². The van der Waals surface area contributed by atoms with Crippen LogP contribution in [0, 0.1) is 0 Å². The van der Waals surface area contributed by atoms with Crippen LogP contribution >= 0.6 is 23.5 Å². The van der Waals surface area contributed by atoms with E-state index in [1.54, 1.807) is 0 Å². The molecule has 1 aliphatic heterocycles. The van der Waals surface area contributed by atoms with Crippen molar-refractivity contribution in [3.8, 4) is 0 Å². The normalized spacial score (nSPS) is 28.5. The molecule has 2 rings (SSSR count). The number of rotatable bonds is 6. The molecule has 0 amide bonds. The molecule has 4 unspecified atom stereocenters. The van der Waals surface area contributed by atoms with Gasteiger partial charge in [-0.25, -0.2) is 0 Å². The lowest BCUT2D eigenvalue weighted by Crippen LogP contribution is -2.43. The molecule has 0 aromatic carbocycles. The number of hydrogen-bond donors (Lipinski definition) is 1. The molecule has 0 bridgehead atoms. The Balaban J connectivity index is 1.91. The van der Waals surface area contributed by atoms with Crippen molar-refractivity contribution < 1.29 is 0 Å². The number of aromatic nitrogens is 2. The molecule has 4 atom stereocenters. The zero-order valence-electron chi connectivity index (χ0n) is 13.0. The van der Waals surface area contributed by atoms with Crippen LogP contribution in [0.1, 0.15) is 32.9 Å². The van der Waals surface area contributed by atoms with Gasteiger partial charge in [0.25, 0.3) is 0 Å². The summed E-state index contributed by atoms with van der Waals surface area (Å²) < 4.78 is 2.00. The molecule has 114 valence electrons. The van der Waals surface area contributed by atoms with Crippen molar-refractivity contribution >= 4 is 23.5 Å². The van der Waals surface area contributed by atoms with E-state index in [1.807, 2.05) is 17.9 Å². The van der Waals surface area contributed by atoms with Gasteiger partial charge in [0.1, 0.15) is 0 Å². The molecule has 20 heavy (non-hydrogen) atoms. The summed E-state index contributed by atoms with van der Waals surface area (Å²) in [6, 6.07) is 2.75. The minimum atomic E-state index is 0.613. The van der Waals surface area contributed by atoms with E-state index < -0.39 is 0 Å². The molecule has 0 aliphatic carbocycles. The van der Waals surface area contributed by atoms with Gasteiger partial charge >= 0.3 is 0 Å². The maximum Gasteiger partial charge on any atom is 0.0492 e. The lowest BCUT2D eigenvalue weighted by molar-refractivity contribution is 0.483. The van der Waals surface area contributed by atoms with Crippen LogP contribution in [0.25, 0.3) is 0 Å². The highest BCUT2D eigenvalue weighted by atomic mass is 32.2. The van der Waals surface area contributed by atoms with Crippen molar-refractivity contribution in [2.75, 3.05) is 12.3 Å². The monoisotopic (exact) mass is 313 g/mol. The minimum Gasteiger partial charge on any atom is -0.313 e. The molecule has 1 aromatic rings. The van der Waals surface area contributed by atoms with Gasteiger partial charge in [-0.3, -0.25) is 4.68 Å². The third-order valence-electron chi connectivity index (χ3n) is 4.12. The predicted molar refractivity (Wildman–Crippen MR) is 91.8 cm³/mol. The highest BCUT2D eigenvalue weighted by Gasteiger charge is 2.30. The van der Waals surface area contributed by atoms with E-state index in [0.717, 1.165) is 28.7 Å². The molecule has 0 radical (unpaired) electrons. The van der Waals surface area contributed by atoms with Gasteiger partial charge in [0.05, 0.1) is 0 Å². The molecule has 3 nitrogen and oxygen atoms in total. The summed E-state index contributed by atoms with van der Waals surface area (Å²) in [5.74, 6) is 1.28. The first-order chi connectivity index (χ1) is 9.61. The second kappa shape index (κ2) is 7.76. The fourth-order valence-corrected chi connectivity index (χ4v) is 5.82. The third-order valence-corrected chi connectivity index (χ3v) is 7.67. The first-order valence-corrected chi connectivity index (χ1v) is 9.58. The van der Waals surface area contributed by atoms with E-state index >= 15 is 0 Å². The Bertz CT molecular complexity index is 408. The van der Waals surface area contributed by atoms with E-state index in [2.05, 4.69) is 60.8 Å². The van der Waals surface area contributed by atoms with Gasteiger partial charge in [0, 0.05) is 46.5 Å². The van der Waals surface area contributed by atoms with Gasteiger partial charge in [-0.15, -0.1) is 0 Å². The number of hydrogen-bond acceptors (Lipinski definition) is 4. The maximum absolute atomic E-state index is 4.26. The molecule has 1 aliphatic rings. The Morgan fingerprint density at radius 2 is 2.25 bits per heavy atom. The van der Waals surface area contributed by atoms with Crippen LogP contribution in [0.3, 0.4) is 0 Å². The number of aryl methyl sites for hydroxylation is 2. The average molecular weight is 314 g/mol. The van der Waals surface area contributed by atoms with Gasteiger partial charge in [-0.1, -0.05) is 20.8 Å². The summed E-state index contributed by atoms with van der Waals surface area (Å²) in [6.07, 6.45) is 4.21. The number of nitrogens with zero attached hydrogens (tertiary/aromatic N) is 2. The first-order valence-electron chi connectivity index (χ1n) is 7.59. The molecule has 1 N–H and O–H groups in total. The summed E-state index contributed by atoms with van der Waals surface area (Å²) >= 11 is 4.31. The molecular formula is C15H27N3S2. The minimum absolute atomic E-state index is 0.613. The van der Waals surface area contributed by atoms with E-state index in [1.165, 1.54) is 17.9 Å². The SMILES string of the molecule is CCNC(CCc1ccnn1C)C1CSC(C)C(C)S1. The summed E-state index contributed by atoms with van der Waals surface area (Å²) in [4.78, 5) is 0. The molecule has 0 spiro atoms. The van der Waals surface area contributed by atoms with Crippen molar-refractivity contribution in [2.45, 2.75) is 55.4 Å². The predicted octanol–water partition coefficient (Wildman–Crippen LogP) is 2.96. The van der Waals surface area contributed by atoms with Crippen LogP contribution in [0.4, 0.5) is 0 Å². The largest absolute Gasteiger partial charge is 0.313 e. The lowest BCUT2D eigenvalue weighted by Gasteiger charge is -2.36. The van der Waals surface area contributed by atoms with Crippen LogP contribution in [0.15, 0.2) is 12.3 Å². The highest BCUT2D eigenvalue weighted by molar-refractivity contribution is 8.07. The van der Waals surface area contributed by atoms with Crippen LogP contribution in [-0.2, 0) is 13.5 Å². The molecule has 0 saturated carbocycles. The summed E-state index contributed by atoms with van der Waals surface area (Å²) in [5, 5.41) is 10.3. The Hall–Kier alpha value is -0.130. The number of nitrogens with one attached hydrogen (secondary N) is 1. The Labute approximate surface area is 131 Å². The second-order valence-corrected chi connectivity index (χ2v) is 8.60. The fraction of sp³-hybridized carbons (Fsp3) is 0.800. The highest BCUT2D eigenvalue weighted by Crippen LogP contribution is 2.37. The molecule has 1 saturated heterocycles. The Kier molecular flexibility index (Phi) is 6.30. The van der Waals surface area contributed by atoms with Crippen LogP contribution in [0.2, 0.25) is 0 Å². The van der Waals surface area contributed by atoms with Crippen molar-refractivity contribution in [2.24, 2.45) is 7.05 Å². The molecule has 1 fully saturated rings. The van der Waals surface area contributed by atoms with Crippen LogP contribution < -0.4 is 5.32 Å². The summed E-state index contributed by atoms with van der Waals surface area (Å²) in [5.41, 5.74) is 1.34. The van der Waals surface area contributed by atoms with Crippen molar-refractivity contribution in [1.82, 2.24) is 15.1 Å². The van der Waals surface area contributed by atoms with Crippen molar-refractivity contribution in [1.29, 1.82) is 0 Å². The zero-order chi connectivity index (χ0) is 14.5. The molecular weight excluding hydrogens is 286 g/mol. The summed E-state index contributed by atoms with van der Waals surface area (Å²) in [7, 11) is 2.03. The third kappa shape index (κ3) is 4.18. The van der Waals surface area contributed by atoms with Crippen LogP contribution in [0.5, 0.6) is 0 Å². The van der Waals surface area contributed by atoms with Crippen molar-refractivity contribution in [3.63, 3.8) is 0 Å². The topological polar surface area (TPSA) is 29.9 Å². The molecule has 5 heteroatoms. The summed E-state index contributed by atoms with van der Waals surface area (Å²) in [6.45, 7) is 8.00. The van der Waals surface area contributed by atoms with E-state index in [-0.39, 0.29) is 0 Å². The van der Waals surface area contributed by atoms with Crippen molar-refractivity contribution in [3.05, 3.63) is 18.0 Å². The maximum atomic E-state index is 4.26. The molecule has 2 heterocycles. The van der Waals surface area contributed by atoms with Gasteiger partial charge in [0.15, 0.2) is 0 Å². The van der Waals surface area contributed by atoms with Crippen LogP contribution in [-0.4, -0.2) is 43.9 Å². The average Bonchev–Trinajstić information content (AvgIpc) is 2.83. The van der Waals surface area contributed by atoms with E-state index in [0.29, 0.717) is 6.04 Å². The zero-order valence-corrected chi connectivity index (χ0v) is 14.6. The Morgan fingerprint density at radius 3 is 2.85 bits per heavy atom. The fourth-order valence-electron chi connectivity index (χ4n) is 2.65. The number of thioether (sulfide) groups is 2.